The molecule has 3 aliphatic carbocycles. The molecule has 1 nitrogen and oxygen atoms in total. The summed E-state index contributed by atoms with van der Waals surface area (Å²) in [5, 5.41) is 0. The van der Waals surface area contributed by atoms with Gasteiger partial charge in [-0.1, -0.05) is 12.2 Å². The number of carbonyl (C=O) groups is 1. The molecule has 1 spiro atoms. The molecule has 0 heterocycles. The quantitative estimate of drug-likeness (QED) is 0.432. The molecule has 1 unspecified atom stereocenters. The molecule has 0 N–H and O–H groups in total. The van der Waals surface area contributed by atoms with Crippen molar-refractivity contribution in [3.8, 4) is 0 Å². The molecular formula is C10H12O. The van der Waals surface area contributed by atoms with Crippen molar-refractivity contribution in [3.05, 3.63) is 12.2 Å². The fourth-order valence-electron chi connectivity index (χ4n) is 2.64. The normalized spacial score (nSPS) is 39.8. The minimum absolute atomic E-state index is 0.141. The van der Waals surface area contributed by atoms with Gasteiger partial charge in [-0.05, 0) is 31.6 Å². The van der Waals surface area contributed by atoms with Gasteiger partial charge in [0.25, 0.3) is 0 Å². The van der Waals surface area contributed by atoms with Gasteiger partial charge in [0.1, 0.15) is 6.29 Å². The number of rotatable bonds is 2. The molecule has 0 bridgehead atoms. The summed E-state index contributed by atoms with van der Waals surface area (Å²) in [7, 11) is 0. The van der Waals surface area contributed by atoms with E-state index in [4.69, 9.17) is 0 Å². The van der Waals surface area contributed by atoms with E-state index >= 15 is 0 Å². The molecule has 0 radical (unpaired) electrons. The van der Waals surface area contributed by atoms with E-state index < -0.39 is 0 Å². The van der Waals surface area contributed by atoms with E-state index in [1.165, 1.54) is 19.1 Å². The first-order valence-corrected chi connectivity index (χ1v) is 4.48. The van der Waals surface area contributed by atoms with Crippen LogP contribution in [0.2, 0.25) is 0 Å². The third-order valence-corrected chi connectivity index (χ3v) is 3.87. The number of allylic oxidation sites excluding steroid dienone is 2. The standard InChI is InChI=1S/C10H12O/c11-7-10(5-6-10)8-1-2-9(8)3-4-9/h3-4,7-8H,1-2,5-6H2. The van der Waals surface area contributed by atoms with Crippen LogP contribution in [0.5, 0.6) is 0 Å². The fraction of sp³-hybridized carbons (Fsp3) is 0.700. The second kappa shape index (κ2) is 1.45. The smallest absolute Gasteiger partial charge is 0.126 e. The Morgan fingerprint density at radius 1 is 1.27 bits per heavy atom. The highest BCUT2D eigenvalue weighted by Crippen LogP contribution is 2.69. The number of carbonyl (C=O) groups excluding carboxylic acids is 1. The average Bonchev–Trinajstić information content (AvgIpc) is 2.83. The van der Waals surface area contributed by atoms with Crippen molar-refractivity contribution < 1.29 is 4.79 Å². The monoisotopic (exact) mass is 148 g/mol. The van der Waals surface area contributed by atoms with Crippen LogP contribution in [-0.2, 0) is 4.79 Å². The minimum Gasteiger partial charge on any atom is -0.303 e. The van der Waals surface area contributed by atoms with Crippen LogP contribution >= 0.6 is 0 Å². The maximum atomic E-state index is 10.8. The van der Waals surface area contributed by atoms with Gasteiger partial charge in [-0.15, -0.1) is 0 Å². The van der Waals surface area contributed by atoms with E-state index in [9.17, 15) is 4.79 Å². The largest absolute Gasteiger partial charge is 0.303 e. The van der Waals surface area contributed by atoms with Crippen LogP contribution in [-0.4, -0.2) is 6.29 Å². The number of hydrogen-bond donors (Lipinski definition) is 0. The molecule has 58 valence electrons. The van der Waals surface area contributed by atoms with Gasteiger partial charge in [-0.25, -0.2) is 0 Å². The summed E-state index contributed by atoms with van der Waals surface area (Å²) in [5.74, 6) is 0.701. The molecular weight excluding hydrogens is 136 g/mol. The van der Waals surface area contributed by atoms with Crippen LogP contribution in [0.1, 0.15) is 25.7 Å². The highest BCUT2D eigenvalue weighted by atomic mass is 16.1. The van der Waals surface area contributed by atoms with Crippen molar-refractivity contribution in [1.82, 2.24) is 0 Å². The van der Waals surface area contributed by atoms with Gasteiger partial charge in [0, 0.05) is 10.8 Å². The first kappa shape index (κ1) is 5.99. The summed E-state index contributed by atoms with van der Waals surface area (Å²) in [6.07, 6.45) is 10.7. The second-order valence-corrected chi connectivity index (χ2v) is 4.39. The van der Waals surface area contributed by atoms with Gasteiger partial charge < -0.3 is 4.79 Å². The Hall–Kier alpha value is -0.590. The van der Waals surface area contributed by atoms with Crippen LogP contribution in [0.25, 0.3) is 0 Å². The van der Waals surface area contributed by atoms with Crippen molar-refractivity contribution in [2.24, 2.45) is 16.7 Å². The molecule has 3 aliphatic rings. The SMILES string of the molecule is O=CC1(C2CCC23C=C3)CC1. The first-order chi connectivity index (χ1) is 5.31. The van der Waals surface area contributed by atoms with E-state index in [-0.39, 0.29) is 5.41 Å². The Balaban J connectivity index is 1.84. The molecule has 0 aromatic rings. The van der Waals surface area contributed by atoms with Crippen LogP contribution < -0.4 is 0 Å². The van der Waals surface area contributed by atoms with Gasteiger partial charge >= 0.3 is 0 Å². The van der Waals surface area contributed by atoms with Gasteiger partial charge in [-0.3, -0.25) is 0 Å². The van der Waals surface area contributed by atoms with Crippen molar-refractivity contribution in [2.75, 3.05) is 0 Å². The summed E-state index contributed by atoms with van der Waals surface area (Å²) in [4.78, 5) is 10.8. The summed E-state index contributed by atoms with van der Waals surface area (Å²) in [6, 6.07) is 0. The van der Waals surface area contributed by atoms with Crippen LogP contribution in [0.4, 0.5) is 0 Å². The Bertz CT molecular complexity index is 242. The van der Waals surface area contributed by atoms with Crippen LogP contribution in [0.3, 0.4) is 0 Å². The van der Waals surface area contributed by atoms with E-state index in [0.29, 0.717) is 11.3 Å². The predicted octanol–water partition coefficient (Wildman–Crippen LogP) is 1.93. The Morgan fingerprint density at radius 3 is 2.27 bits per heavy atom. The van der Waals surface area contributed by atoms with Crippen LogP contribution in [0, 0.1) is 16.7 Å². The van der Waals surface area contributed by atoms with Crippen LogP contribution in [0.15, 0.2) is 12.2 Å². The zero-order chi connectivity index (χ0) is 7.53. The molecule has 0 aromatic carbocycles. The lowest BCUT2D eigenvalue weighted by Crippen LogP contribution is -2.37. The molecule has 1 heteroatoms. The van der Waals surface area contributed by atoms with Gasteiger partial charge in [0.05, 0.1) is 0 Å². The summed E-state index contributed by atoms with van der Waals surface area (Å²) in [5.41, 5.74) is 0.596. The molecule has 3 rings (SSSR count). The molecule has 0 aliphatic heterocycles. The fourth-order valence-corrected chi connectivity index (χ4v) is 2.64. The van der Waals surface area contributed by atoms with Gasteiger partial charge in [-0.2, -0.15) is 0 Å². The third-order valence-electron chi connectivity index (χ3n) is 3.87. The number of hydrogen-bond acceptors (Lipinski definition) is 1. The van der Waals surface area contributed by atoms with E-state index in [1.54, 1.807) is 0 Å². The lowest BCUT2D eigenvalue weighted by molar-refractivity contribution is -0.116. The highest BCUT2D eigenvalue weighted by Gasteiger charge is 2.63. The lowest BCUT2D eigenvalue weighted by atomic mass is 9.61. The van der Waals surface area contributed by atoms with E-state index in [0.717, 1.165) is 12.8 Å². The molecule has 11 heavy (non-hydrogen) atoms. The molecule has 2 fully saturated rings. The molecule has 0 aromatic heterocycles. The first-order valence-electron chi connectivity index (χ1n) is 4.48. The Labute approximate surface area is 66.5 Å². The predicted molar refractivity (Wildman–Crippen MR) is 42.0 cm³/mol. The van der Waals surface area contributed by atoms with E-state index in [2.05, 4.69) is 12.2 Å². The molecule has 0 amide bonds. The average molecular weight is 148 g/mol. The maximum Gasteiger partial charge on any atom is 0.126 e. The molecule has 1 atom stereocenters. The van der Waals surface area contributed by atoms with Crippen molar-refractivity contribution in [1.29, 1.82) is 0 Å². The topological polar surface area (TPSA) is 17.1 Å². The molecule has 2 saturated carbocycles. The van der Waals surface area contributed by atoms with Gasteiger partial charge in [0.2, 0.25) is 0 Å². The second-order valence-electron chi connectivity index (χ2n) is 4.39. The minimum atomic E-state index is 0.141. The number of aldehydes is 1. The summed E-state index contributed by atoms with van der Waals surface area (Å²) in [6.45, 7) is 0. The lowest BCUT2D eigenvalue weighted by Gasteiger charge is -2.41. The van der Waals surface area contributed by atoms with E-state index in [1.807, 2.05) is 0 Å². The molecule has 0 saturated heterocycles. The van der Waals surface area contributed by atoms with Crippen molar-refractivity contribution >= 4 is 6.29 Å². The Kier molecular flexibility index (Phi) is 0.790. The maximum absolute atomic E-state index is 10.8. The summed E-state index contributed by atoms with van der Waals surface area (Å²) >= 11 is 0. The zero-order valence-electron chi connectivity index (χ0n) is 6.55. The third kappa shape index (κ3) is 0.559. The summed E-state index contributed by atoms with van der Waals surface area (Å²) < 4.78 is 0. The van der Waals surface area contributed by atoms with Gasteiger partial charge in [0.15, 0.2) is 0 Å². The van der Waals surface area contributed by atoms with Crippen molar-refractivity contribution in [2.45, 2.75) is 25.7 Å². The Morgan fingerprint density at radius 2 is 2.00 bits per heavy atom. The highest BCUT2D eigenvalue weighted by molar-refractivity contribution is 5.66. The van der Waals surface area contributed by atoms with Crippen molar-refractivity contribution in [3.63, 3.8) is 0 Å². The zero-order valence-corrected chi connectivity index (χ0v) is 6.55.